The zero-order valence-electron chi connectivity index (χ0n) is 10.4. The number of hydrogen-bond donors (Lipinski definition) is 1. The Morgan fingerprint density at radius 3 is 2.95 bits per heavy atom. The van der Waals surface area contributed by atoms with Gasteiger partial charge in [-0.3, -0.25) is 4.79 Å². The van der Waals surface area contributed by atoms with Crippen LogP contribution in [-0.4, -0.2) is 40.9 Å². The van der Waals surface area contributed by atoms with Crippen LogP contribution >= 0.6 is 11.8 Å². The number of nitrogens with zero attached hydrogens (tertiary/aromatic N) is 2. The van der Waals surface area contributed by atoms with Crippen LogP contribution in [-0.2, 0) is 4.79 Å². The number of anilines is 2. The van der Waals surface area contributed by atoms with Crippen molar-refractivity contribution in [1.29, 1.82) is 0 Å². The van der Waals surface area contributed by atoms with Gasteiger partial charge < -0.3 is 10.6 Å². The van der Waals surface area contributed by atoms with E-state index in [1.165, 1.54) is 4.90 Å². The molecule has 1 unspecified atom stereocenters. The molecule has 0 bridgehead atoms. The maximum Gasteiger partial charge on any atom is 0.331 e. The second-order valence-electron chi connectivity index (χ2n) is 4.73. The number of nitrogen functional groups attached to an aromatic ring is 1. The molecule has 19 heavy (non-hydrogen) atoms. The SMILES string of the molecule is Nc1cccc(N2C(=O)CC3CSCCN3C2=O)c1. The summed E-state index contributed by atoms with van der Waals surface area (Å²) in [5, 5.41) is 0. The van der Waals surface area contributed by atoms with Crippen LogP contribution in [0, 0.1) is 0 Å². The zero-order valence-corrected chi connectivity index (χ0v) is 11.2. The summed E-state index contributed by atoms with van der Waals surface area (Å²) >= 11 is 1.80. The molecule has 3 rings (SSSR count). The summed E-state index contributed by atoms with van der Waals surface area (Å²) in [6.07, 6.45) is 0.396. The van der Waals surface area contributed by atoms with Crippen LogP contribution in [0.3, 0.4) is 0 Å². The number of benzene rings is 1. The number of carbonyl (C=O) groups is 2. The number of amides is 3. The minimum Gasteiger partial charge on any atom is -0.399 e. The molecule has 2 heterocycles. The third kappa shape index (κ3) is 2.16. The summed E-state index contributed by atoms with van der Waals surface area (Å²) in [6.45, 7) is 0.709. The molecular formula is C13H15N3O2S. The number of nitrogens with two attached hydrogens (primary N) is 1. The Morgan fingerprint density at radius 2 is 2.16 bits per heavy atom. The van der Waals surface area contributed by atoms with Crippen molar-refractivity contribution >= 4 is 35.1 Å². The second-order valence-corrected chi connectivity index (χ2v) is 5.88. The number of hydrogen-bond acceptors (Lipinski definition) is 4. The van der Waals surface area contributed by atoms with Gasteiger partial charge in [-0.1, -0.05) is 6.07 Å². The average molecular weight is 277 g/mol. The number of thioether (sulfide) groups is 1. The predicted molar refractivity (Wildman–Crippen MR) is 76.2 cm³/mol. The van der Waals surface area contributed by atoms with Gasteiger partial charge in [0.1, 0.15) is 0 Å². The van der Waals surface area contributed by atoms with Crippen molar-refractivity contribution in [2.45, 2.75) is 12.5 Å². The fraction of sp³-hybridized carbons (Fsp3) is 0.385. The average Bonchev–Trinajstić information content (AvgIpc) is 2.39. The molecule has 2 fully saturated rings. The van der Waals surface area contributed by atoms with Crippen LogP contribution in [0.4, 0.5) is 16.2 Å². The van der Waals surface area contributed by atoms with Crippen molar-refractivity contribution < 1.29 is 9.59 Å². The Bertz CT molecular complexity index is 534. The van der Waals surface area contributed by atoms with Crippen LogP contribution in [0.15, 0.2) is 24.3 Å². The molecule has 1 aromatic rings. The lowest BCUT2D eigenvalue weighted by Gasteiger charge is -2.42. The van der Waals surface area contributed by atoms with Crippen molar-refractivity contribution in [1.82, 2.24) is 4.90 Å². The highest BCUT2D eigenvalue weighted by molar-refractivity contribution is 7.99. The first kappa shape index (κ1) is 12.3. The summed E-state index contributed by atoms with van der Waals surface area (Å²) in [4.78, 5) is 27.7. The third-order valence-corrected chi connectivity index (χ3v) is 4.54. The summed E-state index contributed by atoms with van der Waals surface area (Å²) in [5.41, 5.74) is 6.83. The van der Waals surface area contributed by atoms with Crippen molar-refractivity contribution in [3.63, 3.8) is 0 Å². The summed E-state index contributed by atoms with van der Waals surface area (Å²) in [6, 6.07) is 6.73. The van der Waals surface area contributed by atoms with Crippen molar-refractivity contribution in [2.75, 3.05) is 28.7 Å². The van der Waals surface area contributed by atoms with Gasteiger partial charge in [-0.05, 0) is 18.2 Å². The van der Waals surface area contributed by atoms with Crippen molar-refractivity contribution in [3.8, 4) is 0 Å². The van der Waals surface area contributed by atoms with E-state index in [2.05, 4.69) is 0 Å². The van der Waals surface area contributed by atoms with Gasteiger partial charge in [0.15, 0.2) is 0 Å². The van der Waals surface area contributed by atoms with Gasteiger partial charge >= 0.3 is 6.03 Å². The van der Waals surface area contributed by atoms with Gasteiger partial charge in [-0.2, -0.15) is 11.8 Å². The predicted octanol–water partition coefficient (Wildman–Crippen LogP) is 1.54. The summed E-state index contributed by atoms with van der Waals surface area (Å²) < 4.78 is 0. The smallest absolute Gasteiger partial charge is 0.331 e. The fourth-order valence-corrected chi connectivity index (χ4v) is 3.58. The number of rotatable bonds is 1. The second kappa shape index (κ2) is 4.77. The lowest BCUT2D eigenvalue weighted by Crippen LogP contribution is -2.59. The van der Waals surface area contributed by atoms with E-state index in [1.807, 2.05) is 0 Å². The fourth-order valence-electron chi connectivity index (χ4n) is 2.52. The highest BCUT2D eigenvalue weighted by Crippen LogP contribution is 2.29. The maximum absolute atomic E-state index is 12.5. The van der Waals surface area contributed by atoms with E-state index in [4.69, 9.17) is 5.73 Å². The zero-order chi connectivity index (χ0) is 13.4. The highest BCUT2D eigenvalue weighted by atomic mass is 32.2. The molecule has 0 saturated carbocycles. The minimum absolute atomic E-state index is 0.0519. The topological polar surface area (TPSA) is 66.6 Å². The molecule has 2 N–H and O–H groups in total. The number of fused-ring (bicyclic) bond motifs is 1. The molecule has 2 aliphatic heterocycles. The molecular weight excluding hydrogens is 262 g/mol. The molecule has 1 atom stereocenters. The molecule has 100 valence electrons. The van der Waals surface area contributed by atoms with E-state index in [-0.39, 0.29) is 18.0 Å². The molecule has 0 aromatic heterocycles. The molecule has 0 radical (unpaired) electrons. The maximum atomic E-state index is 12.5. The normalized spacial score (nSPS) is 23.5. The van der Waals surface area contributed by atoms with Crippen LogP contribution in [0.1, 0.15) is 6.42 Å². The molecule has 2 aliphatic rings. The third-order valence-electron chi connectivity index (χ3n) is 3.45. The van der Waals surface area contributed by atoms with E-state index in [0.29, 0.717) is 24.3 Å². The first-order valence-corrected chi connectivity index (χ1v) is 7.39. The largest absolute Gasteiger partial charge is 0.399 e. The summed E-state index contributed by atoms with van der Waals surface area (Å²) in [5.74, 6) is 1.64. The van der Waals surface area contributed by atoms with Gasteiger partial charge in [0.25, 0.3) is 0 Å². The number of urea groups is 1. The van der Waals surface area contributed by atoms with Crippen LogP contribution in [0.5, 0.6) is 0 Å². The molecule has 0 aliphatic carbocycles. The van der Waals surface area contributed by atoms with Crippen LogP contribution < -0.4 is 10.6 Å². The Morgan fingerprint density at radius 1 is 1.32 bits per heavy atom. The van der Waals surface area contributed by atoms with Gasteiger partial charge in [0.05, 0.1) is 11.7 Å². The molecule has 3 amide bonds. The minimum atomic E-state index is -0.216. The number of carbonyl (C=O) groups excluding carboxylic acids is 2. The van der Waals surface area contributed by atoms with Gasteiger partial charge in [0.2, 0.25) is 5.91 Å². The highest BCUT2D eigenvalue weighted by Gasteiger charge is 2.40. The summed E-state index contributed by atoms with van der Waals surface area (Å²) in [7, 11) is 0. The molecule has 1 aromatic carbocycles. The first-order chi connectivity index (χ1) is 9.16. The van der Waals surface area contributed by atoms with Crippen LogP contribution in [0.2, 0.25) is 0 Å². The quantitative estimate of drug-likeness (QED) is 0.791. The Labute approximate surface area is 115 Å². The lowest BCUT2D eigenvalue weighted by atomic mass is 10.1. The van der Waals surface area contributed by atoms with Crippen molar-refractivity contribution in [2.24, 2.45) is 0 Å². The lowest BCUT2D eigenvalue weighted by molar-refractivity contribution is -0.120. The Balaban J connectivity index is 1.93. The van der Waals surface area contributed by atoms with E-state index in [1.54, 1.807) is 40.9 Å². The standard InChI is InChI=1S/C13H15N3O2S/c14-9-2-1-3-10(6-9)16-12(17)7-11-8-19-5-4-15(11)13(16)18/h1-3,6,11H,4-5,7-8,14H2. The van der Waals surface area contributed by atoms with Crippen LogP contribution in [0.25, 0.3) is 0 Å². The van der Waals surface area contributed by atoms with E-state index in [0.717, 1.165) is 11.5 Å². The Kier molecular flexibility index (Phi) is 3.10. The molecule has 6 heteroatoms. The van der Waals surface area contributed by atoms with Crippen molar-refractivity contribution in [3.05, 3.63) is 24.3 Å². The monoisotopic (exact) mass is 277 g/mol. The van der Waals surface area contributed by atoms with E-state index >= 15 is 0 Å². The van der Waals surface area contributed by atoms with Gasteiger partial charge in [0, 0.05) is 30.2 Å². The number of imide groups is 1. The molecule has 5 nitrogen and oxygen atoms in total. The first-order valence-electron chi connectivity index (χ1n) is 6.23. The van der Waals surface area contributed by atoms with Gasteiger partial charge in [-0.25, -0.2) is 9.69 Å². The van der Waals surface area contributed by atoms with E-state index < -0.39 is 0 Å². The van der Waals surface area contributed by atoms with E-state index in [9.17, 15) is 9.59 Å². The Hall–Kier alpha value is -1.69. The molecule has 0 spiro atoms. The molecule has 2 saturated heterocycles. The van der Waals surface area contributed by atoms with Gasteiger partial charge in [-0.15, -0.1) is 0 Å².